The Morgan fingerprint density at radius 3 is 2.50 bits per heavy atom. The van der Waals surface area contributed by atoms with Crippen LogP contribution in [-0.2, 0) is 15.0 Å². The van der Waals surface area contributed by atoms with E-state index in [1.54, 1.807) is 4.68 Å². The number of carbonyl (C=O) groups excluding carboxylic acids is 2. The predicted octanol–water partition coefficient (Wildman–Crippen LogP) is 4.45. The van der Waals surface area contributed by atoms with Gasteiger partial charge in [-0.25, -0.2) is 4.68 Å². The van der Waals surface area contributed by atoms with Crippen molar-refractivity contribution in [2.75, 3.05) is 5.32 Å². The zero-order valence-electron chi connectivity index (χ0n) is 18.2. The molecule has 3 aliphatic rings. The molecular formula is C26H23N3O3. The van der Waals surface area contributed by atoms with Crippen molar-refractivity contribution < 1.29 is 14.3 Å². The molecular weight excluding hydrogens is 402 g/mol. The van der Waals surface area contributed by atoms with E-state index in [1.807, 2.05) is 61.5 Å². The minimum Gasteiger partial charge on any atom is -0.442 e. The van der Waals surface area contributed by atoms with Crippen LogP contribution in [0.4, 0.5) is 5.69 Å². The lowest BCUT2D eigenvalue weighted by atomic mass is 9.62. The monoisotopic (exact) mass is 425 g/mol. The molecule has 1 atom stereocenters. The van der Waals surface area contributed by atoms with Crippen LogP contribution in [0.25, 0.3) is 5.69 Å². The lowest BCUT2D eigenvalue weighted by molar-refractivity contribution is -0.124. The Morgan fingerprint density at radius 1 is 1.00 bits per heavy atom. The lowest BCUT2D eigenvalue weighted by Crippen LogP contribution is -2.47. The van der Waals surface area contributed by atoms with E-state index >= 15 is 0 Å². The van der Waals surface area contributed by atoms with Crippen molar-refractivity contribution >= 4 is 17.4 Å². The summed E-state index contributed by atoms with van der Waals surface area (Å²) in [6, 6.07) is 17.3. The number of nitrogens with zero attached hydrogens (tertiary/aromatic N) is 2. The summed E-state index contributed by atoms with van der Waals surface area (Å²) >= 11 is 0. The smallest absolute Gasteiger partial charge is 0.244 e. The summed E-state index contributed by atoms with van der Waals surface area (Å²) in [4.78, 5) is 27.5. The van der Waals surface area contributed by atoms with Gasteiger partial charge in [-0.1, -0.05) is 50.2 Å². The van der Waals surface area contributed by atoms with Crippen molar-refractivity contribution in [2.24, 2.45) is 5.41 Å². The highest BCUT2D eigenvalue weighted by Gasteiger charge is 2.61. The minimum atomic E-state index is -1.26. The van der Waals surface area contributed by atoms with Crippen molar-refractivity contribution in [1.29, 1.82) is 0 Å². The largest absolute Gasteiger partial charge is 0.442 e. The summed E-state index contributed by atoms with van der Waals surface area (Å²) in [6.07, 6.45) is 0.942. The van der Waals surface area contributed by atoms with E-state index in [1.165, 1.54) is 0 Å². The Morgan fingerprint density at radius 2 is 1.72 bits per heavy atom. The molecule has 0 saturated carbocycles. The maximum Gasteiger partial charge on any atom is 0.244 e. The van der Waals surface area contributed by atoms with Gasteiger partial charge in [0.1, 0.15) is 11.2 Å². The molecule has 6 nitrogen and oxygen atoms in total. The fourth-order valence-corrected chi connectivity index (χ4v) is 5.54. The summed E-state index contributed by atoms with van der Waals surface area (Å²) < 4.78 is 8.22. The third-order valence-corrected chi connectivity index (χ3v) is 6.74. The van der Waals surface area contributed by atoms with Crippen molar-refractivity contribution in [1.82, 2.24) is 9.78 Å². The lowest BCUT2D eigenvalue weighted by Gasteiger charge is -2.41. The molecule has 32 heavy (non-hydrogen) atoms. The van der Waals surface area contributed by atoms with Crippen LogP contribution in [-0.4, -0.2) is 21.5 Å². The molecule has 160 valence electrons. The van der Waals surface area contributed by atoms with Gasteiger partial charge in [-0.05, 0) is 30.5 Å². The number of anilines is 1. The topological polar surface area (TPSA) is 73.2 Å². The molecule has 2 aromatic carbocycles. The first-order valence-corrected chi connectivity index (χ1v) is 10.8. The van der Waals surface area contributed by atoms with Gasteiger partial charge in [-0.15, -0.1) is 0 Å². The van der Waals surface area contributed by atoms with E-state index < -0.39 is 5.41 Å². The molecule has 2 aliphatic heterocycles. The third kappa shape index (κ3) is 2.32. The second-order valence-corrected chi connectivity index (χ2v) is 9.60. The summed E-state index contributed by atoms with van der Waals surface area (Å²) in [6.45, 7) is 5.99. The van der Waals surface area contributed by atoms with Gasteiger partial charge >= 0.3 is 0 Å². The Balaban J connectivity index is 1.73. The fraction of sp³-hybridized carbons (Fsp3) is 0.269. The van der Waals surface area contributed by atoms with Crippen molar-refractivity contribution in [3.05, 3.63) is 82.8 Å². The Hall–Kier alpha value is -3.67. The van der Waals surface area contributed by atoms with E-state index in [2.05, 4.69) is 19.2 Å². The molecule has 1 aliphatic carbocycles. The second-order valence-electron chi connectivity index (χ2n) is 9.60. The number of aryl methyl sites for hydroxylation is 1. The SMILES string of the molecule is Cc1nn(-c2ccccc2)c2c1[C@]1(C(=O)Nc3ccccc31)C1=C(CC(C)(C)CC1=O)O2. The standard InChI is InChI=1S/C26H23N3O3/c1-15-21-23(29(28-15)16-9-5-4-6-10-16)32-20-14-25(2,3)13-19(30)22(20)26(21)17-11-7-8-12-18(17)27-24(26)31/h4-12H,13-14H2,1-3H3,(H,27,31)/t26-/m0/s1. The number of amides is 1. The molecule has 3 aromatic rings. The van der Waals surface area contributed by atoms with Crippen LogP contribution in [0, 0.1) is 12.3 Å². The first-order chi connectivity index (χ1) is 15.3. The minimum absolute atomic E-state index is 0.0411. The molecule has 6 rings (SSSR count). The highest BCUT2D eigenvalue weighted by Crippen LogP contribution is 2.58. The quantitative estimate of drug-likeness (QED) is 0.625. The van der Waals surface area contributed by atoms with Gasteiger partial charge in [-0.2, -0.15) is 5.10 Å². The van der Waals surface area contributed by atoms with Crippen LogP contribution in [0.1, 0.15) is 43.5 Å². The first kappa shape index (κ1) is 19.0. The van der Waals surface area contributed by atoms with Crippen LogP contribution >= 0.6 is 0 Å². The molecule has 1 N–H and O–H groups in total. The number of allylic oxidation sites excluding steroid dienone is 1. The average molecular weight is 425 g/mol. The number of benzene rings is 2. The number of para-hydroxylation sites is 2. The zero-order valence-corrected chi connectivity index (χ0v) is 18.2. The number of Topliss-reactive ketones (excluding diaryl/α,β-unsaturated/α-hetero) is 1. The van der Waals surface area contributed by atoms with E-state index in [0.717, 1.165) is 16.9 Å². The van der Waals surface area contributed by atoms with Gasteiger partial charge in [0.05, 0.1) is 22.5 Å². The van der Waals surface area contributed by atoms with Crippen LogP contribution in [0.5, 0.6) is 5.88 Å². The van der Waals surface area contributed by atoms with Crippen LogP contribution in [0.3, 0.4) is 0 Å². The van der Waals surface area contributed by atoms with Crippen molar-refractivity contribution in [2.45, 2.75) is 39.0 Å². The number of carbonyl (C=O) groups is 2. The van der Waals surface area contributed by atoms with E-state index in [-0.39, 0.29) is 17.1 Å². The predicted molar refractivity (Wildman–Crippen MR) is 120 cm³/mol. The number of ketones is 1. The van der Waals surface area contributed by atoms with Crippen molar-refractivity contribution in [3.63, 3.8) is 0 Å². The highest BCUT2D eigenvalue weighted by molar-refractivity contribution is 6.19. The second kappa shape index (κ2) is 6.19. The number of hydrogen-bond donors (Lipinski definition) is 1. The molecule has 0 radical (unpaired) electrons. The van der Waals surface area contributed by atoms with Crippen molar-refractivity contribution in [3.8, 4) is 11.6 Å². The van der Waals surface area contributed by atoms with E-state index in [9.17, 15) is 9.59 Å². The molecule has 0 fully saturated rings. The number of ether oxygens (including phenoxy) is 1. The summed E-state index contributed by atoms with van der Waals surface area (Å²) in [7, 11) is 0. The van der Waals surface area contributed by atoms with Crippen LogP contribution < -0.4 is 10.1 Å². The maximum atomic E-state index is 13.8. The average Bonchev–Trinajstić information content (AvgIpc) is 3.22. The van der Waals surface area contributed by atoms with Gasteiger partial charge in [0.15, 0.2) is 5.78 Å². The van der Waals surface area contributed by atoms with Gasteiger partial charge < -0.3 is 10.1 Å². The van der Waals surface area contributed by atoms with Crippen LogP contribution in [0.15, 0.2) is 65.9 Å². The molecule has 3 heterocycles. The highest BCUT2D eigenvalue weighted by atomic mass is 16.5. The Bertz CT molecular complexity index is 1350. The van der Waals surface area contributed by atoms with Crippen LogP contribution in [0.2, 0.25) is 0 Å². The van der Waals surface area contributed by atoms with E-state index in [0.29, 0.717) is 41.3 Å². The van der Waals surface area contributed by atoms with Gasteiger partial charge in [0.2, 0.25) is 11.8 Å². The number of fused-ring (bicyclic) bond motifs is 5. The summed E-state index contributed by atoms with van der Waals surface area (Å²) in [5, 5.41) is 7.81. The molecule has 1 aromatic heterocycles. The molecule has 1 amide bonds. The van der Waals surface area contributed by atoms with Gasteiger partial charge in [0, 0.05) is 24.1 Å². The number of aromatic nitrogens is 2. The third-order valence-electron chi connectivity index (χ3n) is 6.74. The maximum absolute atomic E-state index is 13.8. The molecule has 0 unspecified atom stereocenters. The number of rotatable bonds is 1. The Kier molecular flexibility index (Phi) is 3.68. The van der Waals surface area contributed by atoms with Gasteiger partial charge in [-0.3, -0.25) is 9.59 Å². The molecule has 6 heteroatoms. The normalized spacial score (nSPS) is 22.8. The fourth-order valence-electron chi connectivity index (χ4n) is 5.54. The summed E-state index contributed by atoms with van der Waals surface area (Å²) in [5.41, 5.74) is 2.61. The molecule has 0 saturated heterocycles. The number of nitrogens with one attached hydrogen (secondary N) is 1. The number of hydrogen-bond acceptors (Lipinski definition) is 4. The van der Waals surface area contributed by atoms with Gasteiger partial charge in [0.25, 0.3) is 0 Å². The first-order valence-electron chi connectivity index (χ1n) is 10.8. The zero-order chi connectivity index (χ0) is 22.3. The Labute approximate surface area is 185 Å². The molecule has 1 spiro atoms. The molecule has 0 bridgehead atoms. The summed E-state index contributed by atoms with van der Waals surface area (Å²) in [5.74, 6) is 0.813. The van der Waals surface area contributed by atoms with E-state index in [4.69, 9.17) is 9.84 Å².